The van der Waals surface area contributed by atoms with E-state index >= 15 is 0 Å². The van der Waals surface area contributed by atoms with Crippen molar-refractivity contribution in [1.29, 1.82) is 0 Å². The molecule has 0 saturated heterocycles. The minimum Gasteiger partial charge on any atom is -0.468 e. The van der Waals surface area contributed by atoms with Gasteiger partial charge < -0.3 is 15.2 Å². The molecule has 78 valence electrons. The summed E-state index contributed by atoms with van der Waals surface area (Å²) in [5, 5.41) is 0. The first-order valence-electron chi connectivity index (χ1n) is 4.56. The molecule has 4 heteroatoms. The van der Waals surface area contributed by atoms with Gasteiger partial charge in [-0.1, -0.05) is 13.3 Å². The Morgan fingerprint density at radius 3 is 2.62 bits per heavy atom. The Hall–Kier alpha value is -0.610. The number of hydrogen-bond acceptors (Lipinski definition) is 4. The third-order valence-electron chi connectivity index (χ3n) is 1.76. The molecule has 0 radical (unpaired) electrons. The standard InChI is InChI=1S/C9H19NO3/c1-4-5-7(2)13-6-8(10)9(11)12-3/h7-8H,4-6,10H2,1-3H3. The topological polar surface area (TPSA) is 61.5 Å². The Labute approximate surface area is 79.4 Å². The van der Waals surface area contributed by atoms with Crippen LogP contribution in [0.25, 0.3) is 0 Å². The number of esters is 1. The van der Waals surface area contributed by atoms with E-state index in [0.717, 1.165) is 12.8 Å². The number of ether oxygens (including phenoxy) is 2. The van der Waals surface area contributed by atoms with Crippen molar-refractivity contribution in [3.05, 3.63) is 0 Å². The Morgan fingerprint density at radius 2 is 2.15 bits per heavy atom. The highest BCUT2D eigenvalue weighted by atomic mass is 16.5. The van der Waals surface area contributed by atoms with E-state index in [9.17, 15) is 4.79 Å². The van der Waals surface area contributed by atoms with Gasteiger partial charge in [-0.2, -0.15) is 0 Å². The van der Waals surface area contributed by atoms with Crippen molar-refractivity contribution in [1.82, 2.24) is 0 Å². The van der Waals surface area contributed by atoms with Crippen molar-refractivity contribution in [3.8, 4) is 0 Å². The van der Waals surface area contributed by atoms with Gasteiger partial charge in [0.2, 0.25) is 0 Å². The molecule has 0 fully saturated rings. The lowest BCUT2D eigenvalue weighted by atomic mass is 10.2. The van der Waals surface area contributed by atoms with Gasteiger partial charge >= 0.3 is 5.97 Å². The van der Waals surface area contributed by atoms with E-state index in [-0.39, 0.29) is 12.7 Å². The molecule has 0 aromatic carbocycles. The van der Waals surface area contributed by atoms with E-state index in [4.69, 9.17) is 10.5 Å². The lowest BCUT2D eigenvalue weighted by Gasteiger charge is -2.14. The smallest absolute Gasteiger partial charge is 0.325 e. The summed E-state index contributed by atoms with van der Waals surface area (Å²) in [4.78, 5) is 10.9. The summed E-state index contributed by atoms with van der Waals surface area (Å²) < 4.78 is 9.80. The lowest BCUT2D eigenvalue weighted by molar-refractivity contribution is -0.144. The molecule has 0 aliphatic heterocycles. The van der Waals surface area contributed by atoms with Crippen molar-refractivity contribution in [2.75, 3.05) is 13.7 Å². The summed E-state index contributed by atoms with van der Waals surface area (Å²) in [7, 11) is 1.32. The van der Waals surface area contributed by atoms with Crippen molar-refractivity contribution in [2.24, 2.45) is 5.73 Å². The molecule has 0 saturated carbocycles. The molecule has 0 aromatic heterocycles. The van der Waals surface area contributed by atoms with Crippen LogP contribution in [0.5, 0.6) is 0 Å². The largest absolute Gasteiger partial charge is 0.468 e. The molecule has 0 aliphatic carbocycles. The average molecular weight is 189 g/mol. The summed E-state index contributed by atoms with van der Waals surface area (Å²) in [5.74, 6) is -0.427. The van der Waals surface area contributed by atoms with Crippen molar-refractivity contribution >= 4 is 5.97 Å². The Bertz CT molecular complexity index is 150. The van der Waals surface area contributed by atoms with Crippen LogP contribution in [0, 0.1) is 0 Å². The Kier molecular flexibility index (Phi) is 6.54. The second kappa shape index (κ2) is 6.86. The van der Waals surface area contributed by atoms with Gasteiger partial charge in [-0.25, -0.2) is 0 Å². The number of methoxy groups -OCH3 is 1. The minimum absolute atomic E-state index is 0.153. The summed E-state index contributed by atoms with van der Waals surface area (Å²) in [6, 6.07) is -0.663. The summed E-state index contributed by atoms with van der Waals surface area (Å²) in [5.41, 5.74) is 5.47. The molecule has 0 aliphatic rings. The molecular formula is C9H19NO3. The van der Waals surface area contributed by atoms with Gasteiger partial charge in [0.25, 0.3) is 0 Å². The maximum Gasteiger partial charge on any atom is 0.325 e. The van der Waals surface area contributed by atoms with Crippen LogP contribution in [0.1, 0.15) is 26.7 Å². The quantitative estimate of drug-likeness (QED) is 0.624. The number of nitrogens with two attached hydrogens (primary N) is 1. The van der Waals surface area contributed by atoms with Crippen LogP contribution >= 0.6 is 0 Å². The fraction of sp³-hybridized carbons (Fsp3) is 0.889. The SMILES string of the molecule is CCCC(C)OCC(N)C(=O)OC. The van der Waals surface area contributed by atoms with Crippen LogP contribution in [0.15, 0.2) is 0 Å². The van der Waals surface area contributed by atoms with Gasteiger partial charge in [0.05, 0.1) is 19.8 Å². The van der Waals surface area contributed by atoms with E-state index in [1.165, 1.54) is 7.11 Å². The van der Waals surface area contributed by atoms with Crippen molar-refractivity contribution < 1.29 is 14.3 Å². The monoisotopic (exact) mass is 189 g/mol. The second-order valence-corrected chi connectivity index (χ2v) is 3.06. The first kappa shape index (κ1) is 12.4. The number of carbonyl (C=O) groups excluding carboxylic acids is 1. The number of hydrogen-bond donors (Lipinski definition) is 1. The van der Waals surface area contributed by atoms with Crippen molar-refractivity contribution in [2.45, 2.75) is 38.8 Å². The van der Waals surface area contributed by atoms with Crippen LogP contribution in [-0.2, 0) is 14.3 Å². The van der Waals surface area contributed by atoms with E-state index < -0.39 is 12.0 Å². The number of carbonyl (C=O) groups is 1. The van der Waals surface area contributed by atoms with Gasteiger partial charge in [-0.3, -0.25) is 4.79 Å². The zero-order chi connectivity index (χ0) is 10.3. The zero-order valence-corrected chi connectivity index (χ0v) is 8.58. The van der Waals surface area contributed by atoms with E-state index in [1.807, 2.05) is 6.92 Å². The molecule has 4 nitrogen and oxygen atoms in total. The molecule has 0 aromatic rings. The first-order chi connectivity index (χ1) is 6.11. The molecular weight excluding hydrogens is 170 g/mol. The highest BCUT2D eigenvalue weighted by Gasteiger charge is 2.14. The van der Waals surface area contributed by atoms with Gasteiger partial charge in [0.15, 0.2) is 0 Å². The highest BCUT2D eigenvalue weighted by Crippen LogP contribution is 2.01. The fourth-order valence-electron chi connectivity index (χ4n) is 0.977. The molecule has 2 atom stereocenters. The van der Waals surface area contributed by atoms with Crippen LogP contribution in [-0.4, -0.2) is 31.8 Å². The molecule has 13 heavy (non-hydrogen) atoms. The zero-order valence-electron chi connectivity index (χ0n) is 8.58. The maximum atomic E-state index is 10.9. The van der Waals surface area contributed by atoms with Crippen LogP contribution in [0.2, 0.25) is 0 Å². The maximum absolute atomic E-state index is 10.9. The van der Waals surface area contributed by atoms with E-state index in [1.54, 1.807) is 0 Å². The van der Waals surface area contributed by atoms with Crippen LogP contribution < -0.4 is 5.73 Å². The summed E-state index contributed by atoms with van der Waals surface area (Å²) in [6.45, 7) is 4.28. The fourth-order valence-corrected chi connectivity index (χ4v) is 0.977. The third-order valence-corrected chi connectivity index (χ3v) is 1.76. The predicted octanol–water partition coefficient (Wildman–Crippen LogP) is 0.692. The van der Waals surface area contributed by atoms with E-state index in [2.05, 4.69) is 11.7 Å². The Morgan fingerprint density at radius 1 is 1.54 bits per heavy atom. The third kappa shape index (κ3) is 5.60. The summed E-state index contributed by atoms with van der Waals surface area (Å²) >= 11 is 0. The minimum atomic E-state index is -0.663. The molecule has 0 rings (SSSR count). The molecule has 0 heterocycles. The molecule has 2 unspecified atom stereocenters. The van der Waals surface area contributed by atoms with Crippen molar-refractivity contribution in [3.63, 3.8) is 0 Å². The molecule has 0 bridgehead atoms. The van der Waals surface area contributed by atoms with Gasteiger partial charge in [0, 0.05) is 0 Å². The predicted molar refractivity (Wildman–Crippen MR) is 50.3 cm³/mol. The molecule has 0 spiro atoms. The Balaban J connectivity index is 3.56. The lowest BCUT2D eigenvalue weighted by Crippen LogP contribution is -2.37. The molecule has 2 N–H and O–H groups in total. The molecule has 0 amide bonds. The average Bonchev–Trinajstić information content (AvgIpc) is 2.13. The normalized spacial score (nSPS) is 15.1. The highest BCUT2D eigenvalue weighted by molar-refractivity contribution is 5.75. The van der Waals surface area contributed by atoms with Crippen LogP contribution in [0.3, 0.4) is 0 Å². The summed E-state index contributed by atoms with van der Waals surface area (Å²) in [6.07, 6.45) is 2.20. The van der Waals surface area contributed by atoms with Gasteiger partial charge in [-0.15, -0.1) is 0 Å². The van der Waals surface area contributed by atoms with Gasteiger partial charge in [-0.05, 0) is 13.3 Å². The second-order valence-electron chi connectivity index (χ2n) is 3.06. The van der Waals surface area contributed by atoms with E-state index in [0.29, 0.717) is 0 Å². The van der Waals surface area contributed by atoms with Crippen LogP contribution in [0.4, 0.5) is 0 Å². The van der Waals surface area contributed by atoms with Gasteiger partial charge in [0.1, 0.15) is 6.04 Å². The number of rotatable bonds is 6. The first-order valence-corrected chi connectivity index (χ1v) is 4.56.